The Morgan fingerprint density at radius 1 is 1.73 bits per heavy atom. The number of nitrogens with one attached hydrogen (secondary N) is 1. The van der Waals surface area contributed by atoms with Crippen LogP contribution in [0.3, 0.4) is 0 Å². The van der Waals surface area contributed by atoms with Gasteiger partial charge in [-0.2, -0.15) is 0 Å². The van der Waals surface area contributed by atoms with Crippen molar-refractivity contribution in [2.45, 2.75) is 12.0 Å². The number of hydrogen-bond donors (Lipinski definition) is 2. The van der Waals surface area contributed by atoms with Crippen molar-refractivity contribution < 1.29 is 14.3 Å². The Bertz CT molecular complexity index is 351. The average Bonchev–Trinajstić information content (AvgIpc) is 2.17. The molecule has 0 aromatic rings. The first kappa shape index (κ1) is 11.8. The normalized spacial score (nSPS) is 24.3. The first-order chi connectivity index (χ1) is 7.00. The molecule has 0 saturated carbocycles. The van der Waals surface area contributed by atoms with E-state index in [0.29, 0.717) is 5.57 Å². The van der Waals surface area contributed by atoms with E-state index >= 15 is 0 Å². The molecule has 0 aromatic heterocycles. The minimum absolute atomic E-state index is 0.0591. The summed E-state index contributed by atoms with van der Waals surface area (Å²) in [5.41, 5.74) is -0.934. The minimum atomic E-state index is -1.47. The highest BCUT2D eigenvalue weighted by molar-refractivity contribution is 6.19. The molecule has 15 heavy (non-hydrogen) atoms. The molecule has 0 amide bonds. The van der Waals surface area contributed by atoms with Gasteiger partial charge in [-0.05, 0) is 12.2 Å². The number of carboxylic acids is 1. The van der Waals surface area contributed by atoms with E-state index in [1.165, 1.54) is 6.20 Å². The van der Waals surface area contributed by atoms with Gasteiger partial charge in [-0.1, -0.05) is 12.2 Å². The molecule has 0 aliphatic carbocycles. The number of hydrogen-bond acceptors (Lipinski definition) is 2. The van der Waals surface area contributed by atoms with Crippen molar-refractivity contribution in [2.75, 3.05) is 5.88 Å². The maximum absolute atomic E-state index is 13.0. The number of rotatable bonds is 4. The smallest absolute Gasteiger partial charge is 0.333 e. The summed E-state index contributed by atoms with van der Waals surface area (Å²) in [5, 5.41) is 11.7. The van der Waals surface area contributed by atoms with Crippen molar-refractivity contribution in [1.82, 2.24) is 5.32 Å². The molecule has 1 heterocycles. The number of carboxylic acid groups (broad SMARTS) is 1. The molecule has 1 atom stereocenters. The van der Waals surface area contributed by atoms with Crippen molar-refractivity contribution >= 4 is 17.6 Å². The molecule has 3 nitrogen and oxygen atoms in total. The Hall–Kier alpha value is -1.29. The Morgan fingerprint density at radius 2 is 2.40 bits per heavy atom. The van der Waals surface area contributed by atoms with Gasteiger partial charge in [0.05, 0.1) is 0 Å². The Labute approximate surface area is 91.9 Å². The fraction of sp³-hybridized carbons (Fsp3) is 0.300. The summed E-state index contributed by atoms with van der Waals surface area (Å²) in [6.45, 7) is 3.61. The van der Waals surface area contributed by atoms with Crippen molar-refractivity contribution in [3.05, 3.63) is 36.3 Å². The van der Waals surface area contributed by atoms with Crippen LogP contribution in [-0.2, 0) is 4.79 Å². The van der Waals surface area contributed by atoms with E-state index in [2.05, 4.69) is 11.9 Å². The minimum Gasteiger partial charge on any atom is -0.479 e. The highest BCUT2D eigenvalue weighted by atomic mass is 35.5. The van der Waals surface area contributed by atoms with Gasteiger partial charge in [-0.3, -0.25) is 0 Å². The standard InChI is InChI=1S/C10H11ClFNO2/c1-7(6-11)4-10(9(14)15)5-8(12)2-3-13-10/h2-3,5,13H,1,4,6H2,(H,14,15)/t10-/m1/s1. The maximum atomic E-state index is 13.0. The third-order valence-corrected chi connectivity index (χ3v) is 2.45. The Kier molecular flexibility index (Phi) is 3.52. The number of alkyl halides is 1. The lowest BCUT2D eigenvalue weighted by atomic mass is 9.89. The van der Waals surface area contributed by atoms with E-state index in [9.17, 15) is 9.18 Å². The van der Waals surface area contributed by atoms with Crippen LogP contribution in [-0.4, -0.2) is 22.5 Å². The SMILES string of the molecule is C=C(CCl)C[C@]1(C(=O)O)C=C(F)C=CN1. The lowest BCUT2D eigenvalue weighted by Crippen LogP contribution is -2.49. The third-order valence-electron chi connectivity index (χ3n) is 2.07. The zero-order chi connectivity index (χ0) is 11.5. The molecule has 1 aliphatic rings. The predicted octanol–water partition coefficient (Wildman–Crippen LogP) is 1.97. The second-order valence-corrected chi connectivity index (χ2v) is 3.61. The fourth-order valence-corrected chi connectivity index (χ4v) is 1.43. The lowest BCUT2D eigenvalue weighted by molar-refractivity contribution is -0.142. The molecule has 1 rings (SSSR count). The molecule has 82 valence electrons. The van der Waals surface area contributed by atoms with Crippen LogP contribution in [0.25, 0.3) is 0 Å². The van der Waals surface area contributed by atoms with Crippen molar-refractivity contribution in [1.29, 1.82) is 0 Å². The molecule has 0 bridgehead atoms. The molecule has 5 heteroatoms. The highest BCUT2D eigenvalue weighted by Gasteiger charge is 2.37. The fourth-order valence-electron chi connectivity index (χ4n) is 1.34. The highest BCUT2D eigenvalue weighted by Crippen LogP contribution is 2.24. The van der Waals surface area contributed by atoms with Crippen molar-refractivity contribution in [3.8, 4) is 0 Å². The monoisotopic (exact) mass is 231 g/mol. The summed E-state index contributed by atoms with van der Waals surface area (Å²) in [4.78, 5) is 11.1. The summed E-state index contributed by atoms with van der Waals surface area (Å²) in [5.74, 6) is -1.60. The van der Waals surface area contributed by atoms with Gasteiger partial charge < -0.3 is 10.4 Å². The molecule has 0 saturated heterocycles. The summed E-state index contributed by atoms with van der Waals surface area (Å²) < 4.78 is 13.0. The van der Waals surface area contributed by atoms with Crippen molar-refractivity contribution in [3.63, 3.8) is 0 Å². The van der Waals surface area contributed by atoms with Crippen LogP contribution < -0.4 is 5.32 Å². The molecular weight excluding hydrogens is 221 g/mol. The van der Waals surface area contributed by atoms with Crippen LogP contribution in [0.15, 0.2) is 36.3 Å². The molecule has 0 fully saturated rings. The predicted molar refractivity (Wildman–Crippen MR) is 56.3 cm³/mol. The first-order valence-electron chi connectivity index (χ1n) is 4.29. The van der Waals surface area contributed by atoms with Gasteiger partial charge in [0.2, 0.25) is 0 Å². The van der Waals surface area contributed by atoms with Crippen LogP contribution >= 0.6 is 11.6 Å². The molecule has 0 aromatic carbocycles. The molecule has 0 unspecified atom stereocenters. The van der Waals surface area contributed by atoms with E-state index in [-0.39, 0.29) is 12.3 Å². The van der Waals surface area contributed by atoms with E-state index in [0.717, 1.165) is 12.2 Å². The Morgan fingerprint density at radius 3 is 2.87 bits per heavy atom. The van der Waals surface area contributed by atoms with Gasteiger partial charge in [0, 0.05) is 18.5 Å². The van der Waals surface area contributed by atoms with Gasteiger partial charge in [0.25, 0.3) is 0 Å². The van der Waals surface area contributed by atoms with Crippen LogP contribution in [0.1, 0.15) is 6.42 Å². The summed E-state index contributed by atoms with van der Waals surface area (Å²) in [6.07, 6.45) is 3.51. The molecule has 2 N–H and O–H groups in total. The number of dihydropyridines is 1. The van der Waals surface area contributed by atoms with Crippen LogP contribution in [0.2, 0.25) is 0 Å². The topological polar surface area (TPSA) is 49.3 Å². The van der Waals surface area contributed by atoms with E-state index in [1.54, 1.807) is 0 Å². The summed E-state index contributed by atoms with van der Waals surface area (Å²) >= 11 is 5.52. The average molecular weight is 232 g/mol. The summed E-state index contributed by atoms with van der Waals surface area (Å²) in [7, 11) is 0. The van der Waals surface area contributed by atoms with Gasteiger partial charge >= 0.3 is 5.97 Å². The van der Waals surface area contributed by atoms with Crippen molar-refractivity contribution in [2.24, 2.45) is 0 Å². The van der Waals surface area contributed by atoms with Gasteiger partial charge in [-0.25, -0.2) is 9.18 Å². The van der Waals surface area contributed by atoms with Crippen LogP contribution in [0.4, 0.5) is 4.39 Å². The largest absolute Gasteiger partial charge is 0.479 e. The number of carbonyl (C=O) groups is 1. The number of allylic oxidation sites excluding steroid dienone is 2. The zero-order valence-electron chi connectivity index (χ0n) is 7.96. The second kappa shape index (κ2) is 4.49. The third kappa shape index (κ3) is 2.59. The molecule has 0 spiro atoms. The van der Waals surface area contributed by atoms with Gasteiger partial charge in [0.15, 0.2) is 5.54 Å². The summed E-state index contributed by atoms with van der Waals surface area (Å²) in [6, 6.07) is 0. The second-order valence-electron chi connectivity index (χ2n) is 3.34. The van der Waals surface area contributed by atoms with Crippen LogP contribution in [0, 0.1) is 0 Å². The molecule has 1 aliphatic heterocycles. The Balaban J connectivity index is 2.95. The molecule has 0 radical (unpaired) electrons. The lowest BCUT2D eigenvalue weighted by Gasteiger charge is -2.29. The molecular formula is C10H11ClFNO2. The maximum Gasteiger partial charge on any atom is 0.333 e. The quantitative estimate of drug-likeness (QED) is 0.575. The van der Waals surface area contributed by atoms with E-state index < -0.39 is 17.3 Å². The van der Waals surface area contributed by atoms with E-state index in [4.69, 9.17) is 16.7 Å². The van der Waals surface area contributed by atoms with Gasteiger partial charge in [0.1, 0.15) is 5.83 Å². The zero-order valence-corrected chi connectivity index (χ0v) is 8.72. The van der Waals surface area contributed by atoms with E-state index in [1.807, 2.05) is 0 Å². The number of aliphatic carboxylic acids is 1. The van der Waals surface area contributed by atoms with Gasteiger partial charge in [-0.15, -0.1) is 11.6 Å². The number of halogens is 2. The van der Waals surface area contributed by atoms with Crippen LogP contribution in [0.5, 0.6) is 0 Å². The first-order valence-corrected chi connectivity index (χ1v) is 4.82.